The molecule has 0 unspecified atom stereocenters. The molecule has 0 aliphatic carbocycles. The zero-order chi connectivity index (χ0) is 30.2. The van der Waals surface area contributed by atoms with Crippen LogP contribution in [0.3, 0.4) is 0 Å². The number of nitrogens with zero attached hydrogens (tertiary/aromatic N) is 1. The maximum atomic E-state index is 6.34. The standard InChI is InChI=1S/C44H27NO/c1-2-10-34(11-3-1)45-40-14-5-4-12-35(40)37-24-22-30-20-21-32(26-38(30)44(37)45)28-16-18-29(19-17-28)33-23-25-41-39(27-33)36-13-6-8-31-9-7-15-42(46-41)43(31)36/h1-27H. The van der Waals surface area contributed by atoms with Crippen LogP contribution in [0.2, 0.25) is 0 Å². The molecule has 10 rings (SSSR count). The Labute approximate surface area is 266 Å². The van der Waals surface area contributed by atoms with Crippen LogP contribution in [0.4, 0.5) is 0 Å². The lowest BCUT2D eigenvalue weighted by Crippen LogP contribution is -1.97. The molecule has 0 N–H and O–H groups in total. The van der Waals surface area contributed by atoms with Crippen molar-refractivity contribution < 1.29 is 4.74 Å². The van der Waals surface area contributed by atoms with E-state index in [0.29, 0.717) is 0 Å². The van der Waals surface area contributed by atoms with Gasteiger partial charge < -0.3 is 9.30 Å². The van der Waals surface area contributed by atoms with Crippen LogP contribution in [0.5, 0.6) is 11.5 Å². The Morgan fingerprint density at radius 3 is 1.93 bits per heavy atom. The Hall–Kier alpha value is -6.12. The maximum absolute atomic E-state index is 6.34. The van der Waals surface area contributed by atoms with Crippen molar-refractivity contribution in [2.75, 3.05) is 0 Å². The predicted octanol–water partition coefficient (Wildman–Crippen LogP) is 12.2. The number of fused-ring (bicyclic) bond motifs is 7. The van der Waals surface area contributed by atoms with E-state index in [1.807, 2.05) is 0 Å². The lowest BCUT2D eigenvalue weighted by molar-refractivity contribution is 0.487. The summed E-state index contributed by atoms with van der Waals surface area (Å²) in [5.74, 6) is 1.83. The van der Waals surface area contributed by atoms with Crippen LogP contribution >= 0.6 is 0 Å². The summed E-state index contributed by atoms with van der Waals surface area (Å²) in [5, 5.41) is 7.42. The minimum Gasteiger partial charge on any atom is -0.456 e. The maximum Gasteiger partial charge on any atom is 0.135 e. The van der Waals surface area contributed by atoms with E-state index in [-0.39, 0.29) is 0 Å². The fourth-order valence-electron chi connectivity index (χ4n) is 7.40. The minimum absolute atomic E-state index is 0.905. The second-order valence-electron chi connectivity index (χ2n) is 12.1. The summed E-state index contributed by atoms with van der Waals surface area (Å²) in [7, 11) is 0. The summed E-state index contributed by atoms with van der Waals surface area (Å²) in [6.07, 6.45) is 0. The SMILES string of the molecule is c1ccc(-n2c3ccccc3c3ccc4ccc(-c5ccc(-c6ccc7c(c6)-c6cccc8cccc(c68)O7)cc5)cc4c32)cc1. The molecule has 2 nitrogen and oxygen atoms in total. The van der Waals surface area contributed by atoms with Gasteiger partial charge in [0.25, 0.3) is 0 Å². The molecule has 0 spiro atoms. The van der Waals surface area contributed by atoms with Gasteiger partial charge in [-0.25, -0.2) is 0 Å². The quantitative estimate of drug-likeness (QED) is 0.201. The Morgan fingerprint density at radius 2 is 1.09 bits per heavy atom. The Kier molecular flexibility index (Phi) is 5.31. The first-order valence-corrected chi connectivity index (χ1v) is 15.8. The lowest BCUT2D eigenvalue weighted by atomic mass is 9.92. The summed E-state index contributed by atoms with van der Waals surface area (Å²) in [4.78, 5) is 0. The van der Waals surface area contributed by atoms with Gasteiger partial charge in [-0.2, -0.15) is 0 Å². The van der Waals surface area contributed by atoms with Crippen LogP contribution in [-0.2, 0) is 0 Å². The average Bonchev–Trinajstić information content (AvgIpc) is 3.47. The molecule has 2 heterocycles. The van der Waals surface area contributed by atoms with Crippen molar-refractivity contribution in [3.05, 3.63) is 164 Å². The predicted molar refractivity (Wildman–Crippen MR) is 192 cm³/mol. The monoisotopic (exact) mass is 585 g/mol. The number of hydrogen-bond acceptors (Lipinski definition) is 1. The normalized spacial score (nSPS) is 12.1. The van der Waals surface area contributed by atoms with Gasteiger partial charge in [-0.05, 0) is 81.1 Å². The molecular weight excluding hydrogens is 558 g/mol. The number of para-hydroxylation sites is 2. The molecule has 0 saturated carbocycles. The molecule has 9 aromatic rings. The lowest BCUT2D eigenvalue weighted by Gasteiger charge is -2.22. The molecule has 2 heteroatoms. The summed E-state index contributed by atoms with van der Waals surface area (Å²) in [6, 6.07) is 59.1. The van der Waals surface area contributed by atoms with E-state index < -0.39 is 0 Å². The Balaban J connectivity index is 1.08. The summed E-state index contributed by atoms with van der Waals surface area (Å²) in [6.45, 7) is 0. The van der Waals surface area contributed by atoms with Gasteiger partial charge in [0.15, 0.2) is 0 Å². The van der Waals surface area contributed by atoms with Crippen LogP contribution in [0.1, 0.15) is 0 Å². The number of hydrogen-bond donors (Lipinski definition) is 0. The van der Waals surface area contributed by atoms with Gasteiger partial charge in [-0.1, -0.05) is 121 Å². The van der Waals surface area contributed by atoms with Crippen molar-refractivity contribution >= 4 is 43.4 Å². The topological polar surface area (TPSA) is 14.2 Å². The smallest absolute Gasteiger partial charge is 0.135 e. The molecule has 0 saturated heterocycles. The van der Waals surface area contributed by atoms with Crippen molar-refractivity contribution in [1.29, 1.82) is 0 Å². The fourth-order valence-corrected chi connectivity index (χ4v) is 7.40. The van der Waals surface area contributed by atoms with Crippen LogP contribution in [0.15, 0.2) is 164 Å². The number of ether oxygens (including phenoxy) is 1. The third-order valence-corrected chi connectivity index (χ3v) is 9.57. The van der Waals surface area contributed by atoms with Crippen LogP contribution < -0.4 is 4.74 Å². The summed E-state index contributed by atoms with van der Waals surface area (Å²) in [5.41, 5.74) is 10.8. The van der Waals surface area contributed by atoms with Gasteiger partial charge >= 0.3 is 0 Å². The molecule has 0 bridgehead atoms. The van der Waals surface area contributed by atoms with E-state index in [9.17, 15) is 0 Å². The number of rotatable bonds is 3. The molecule has 0 atom stereocenters. The first-order valence-electron chi connectivity index (χ1n) is 15.8. The van der Waals surface area contributed by atoms with Gasteiger partial charge in [0.05, 0.1) is 11.0 Å². The molecule has 0 amide bonds. The van der Waals surface area contributed by atoms with Gasteiger partial charge in [0, 0.05) is 32.8 Å². The second-order valence-corrected chi connectivity index (χ2v) is 12.1. The molecule has 0 fully saturated rings. The Bertz CT molecular complexity index is 2640. The molecule has 0 radical (unpaired) electrons. The molecular formula is C44H27NO. The molecule has 214 valence electrons. The molecule has 8 aromatic carbocycles. The largest absolute Gasteiger partial charge is 0.456 e. The van der Waals surface area contributed by atoms with Crippen LogP contribution in [-0.4, -0.2) is 4.57 Å². The van der Waals surface area contributed by atoms with Crippen molar-refractivity contribution in [2.45, 2.75) is 0 Å². The van der Waals surface area contributed by atoms with Gasteiger partial charge in [0.2, 0.25) is 0 Å². The van der Waals surface area contributed by atoms with Crippen molar-refractivity contribution in [2.24, 2.45) is 0 Å². The highest BCUT2D eigenvalue weighted by Gasteiger charge is 2.20. The van der Waals surface area contributed by atoms with Crippen LogP contribution in [0, 0.1) is 0 Å². The van der Waals surface area contributed by atoms with E-state index in [1.54, 1.807) is 0 Å². The molecule has 1 aromatic heterocycles. The number of benzene rings is 8. The van der Waals surface area contributed by atoms with E-state index in [2.05, 4.69) is 168 Å². The van der Waals surface area contributed by atoms with Gasteiger partial charge in [-0.3, -0.25) is 0 Å². The minimum atomic E-state index is 0.905. The average molecular weight is 586 g/mol. The van der Waals surface area contributed by atoms with Crippen molar-refractivity contribution in [3.8, 4) is 50.6 Å². The zero-order valence-electron chi connectivity index (χ0n) is 24.9. The van der Waals surface area contributed by atoms with E-state index >= 15 is 0 Å². The fraction of sp³-hybridized carbons (Fsp3) is 0. The highest BCUT2D eigenvalue weighted by molar-refractivity contribution is 6.19. The van der Waals surface area contributed by atoms with Crippen LogP contribution in [0.25, 0.3) is 82.4 Å². The number of aromatic nitrogens is 1. The summed E-state index contributed by atoms with van der Waals surface area (Å²) < 4.78 is 8.75. The third-order valence-electron chi connectivity index (χ3n) is 9.57. The molecule has 46 heavy (non-hydrogen) atoms. The van der Waals surface area contributed by atoms with Crippen molar-refractivity contribution in [3.63, 3.8) is 0 Å². The third kappa shape index (κ3) is 3.71. The summed E-state index contributed by atoms with van der Waals surface area (Å²) >= 11 is 0. The van der Waals surface area contributed by atoms with E-state index in [1.165, 1.54) is 76.9 Å². The van der Waals surface area contributed by atoms with E-state index in [4.69, 9.17) is 4.74 Å². The molecule has 1 aliphatic heterocycles. The van der Waals surface area contributed by atoms with Crippen molar-refractivity contribution in [1.82, 2.24) is 4.57 Å². The van der Waals surface area contributed by atoms with Gasteiger partial charge in [0.1, 0.15) is 11.5 Å². The first kappa shape index (κ1) is 25.2. The molecule has 1 aliphatic rings. The Morgan fingerprint density at radius 1 is 0.391 bits per heavy atom. The second kappa shape index (κ2) is 9.69. The highest BCUT2D eigenvalue weighted by atomic mass is 16.5. The highest BCUT2D eigenvalue weighted by Crippen LogP contribution is 2.47. The zero-order valence-corrected chi connectivity index (χ0v) is 24.9. The van der Waals surface area contributed by atoms with E-state index in [0.717, 1.165) is 17.1 Å². The first-order chi connectivity index (χ1) is 22.8. The van der Waals surface area contributed by atoms with Gasteiger partial charge in [-0.15, -0.1) is 0 Å².